The fourth-order valence-corrected chi connectivity index (χ4v) is 2.57. The molecule has 18 heavy (non-hydrogen) atoms. The van der Waals surface area contributed by atoms with Crippen molar-refractivity contribution in [2.75, 3.05) is 14.2 Å². The molecule has 1 unspecified atom stereocenters. The first-order valence-corrected chi connectivity index (χ1v) is 6.67. The summed E-state index contributed by atoms with van der Waals surface area (Å²) in [5.74, 6) is 0.942. The highest BCUT2D eigenvalue weighted by Crippen LogP contribution is 2.29. The van der Waals surface area contributed by atoms with Gasteiger partial charge in [0.1, 0.15) is 0 Å². The number of thiol groups is 1. The third-order valence-corrected chi connectivity index (χ3v) is 4.02. The molecule has 0 radical (unpaired) electrons. The van der Waals surface area contributed by atoms with Crippen molar-refractivity contribution >= 4 is 29.5 Å². The Morgan fingerprint density at radius 3 is 2.11 bits per heavy atom. The first-order chi connectivity index (χ1) is 8.47. The SMILES string of the molecule is COc1cc(OC)nc(SC(C(=O)S)C(C)C)n1. The molecule has 100 valence electrons. The van der Waals surface area contributed by atoms with Gasteiger partial charge >= 0.3 is 0 Å². The summed E-state index contributed by atoms with van der Waals surface area (Å²) in [6.07, 6.45) is 0. The van der Waals surface area contributed by atoms with Crippen LogP contribution < -0.4 is 9.47 Å². The highest BCUT2D eigenvalue weighted by Gasteiger charge is 2.22. The van der Waals surface area contributed by atoms with Gasteiger partial charge in [0.05, 0.1) is 25.5 Å². The zero-order valence-electron chi connectivity index (χ0n) is 10.7. The van der Waals surface area contributed by atoms with Crippen LogP contribution in [0.1, 0.15) is 13.8 Å². The van der Waals surface area contributed by atoms with E-state index in [2.05, 4.69) is 22.6 Å². The second-order valence-electron chi connectivity index (χ2n) is 3.86. The van der Waals surface area contributed by atoms with Crippen LogP contribution in [-0.2, 0) is 4.79 Å². The van der Waals surface area contributed by atoms with E-state index in [1.54, 1.807) is 6.07 Å². The lowest BCUT2D eigenvalue weighted by Gasteiger charge is -2.15. The molecule has 0 fully saturated rings. The fraction of sp³-hybridized carbons (Fsp3) is 0.545. The maximum Gasteiger partial charge on any atom is 0.220 e. The summed E-state index contributed by atoms with van der Waals surface area (Å²) in [7, 11) is 3.03. The minimum Gasteiger partial charge on any atom is -0.481 e. The van der Waals surface area contributed by atoms with Crippen molar-refractivity contribution in [2.45, 2.75) is 24.3 Å². The molecule has 0 aliphatic carbocycles. The van der Waals surface area contributed by atoms with Crippen LogP contribution >= 0.6 is 24.4 Å². The summed E-state index contributed by atoms with van der Waals surface area (Å²) in [5, 5.41) is -0.0576. The van der Waals surface area contributed by atoms with Crippen molar-refractivity contribution in [3.05, 3.63) is 6.07 Å². The Bertz CT molecular complexity index is 404. The molecule has 1 atom stereocenters. The van der Waals surface area contributed by atoms with Gasteiger partial charge in [0, 0.05) is 0 Å². The van der Waals surface area contributed by atoms with Crippen LogP contribution in [0.15, 0.2) is 11.2 Å². The van der Waals surface area contributed by atoms with E-state index in [1.165, 1.54) is 26.0 Å². The summed E-state index contributed by atoms with van der Waals surface area (Å²) in [6.45, 7) is 3.90. The minimum absolute atomic E-state index is 0.140. The first-order valence-electron chi connectivity index (χ1n) is 5.34. The molecule has 0 aliphatic heterocycles. The number of aromatic nitrogens is 2. The predicted octanol–water partition coefficient (Wildman–Crippen LogP) is 2.07. The van der Waals surface area contributed by atoms with Gasteiger partial charge in [-0.3, -0.25) is 4.79 Å². The molecule has 1 rings (SSSR count). The molecule has 0 saturated heterocycles. The molecule has 0 aliphatic rings. The van der Waals surface area contributed by atoms with Gasteiger partial charge in [-0.2, -0.15) is 9.97 Å². The van der Waals surface area contributed by atoms with Crippen molar-refractivity contribution in [3.63, 3.8) is 0 Å². The monoisotopic (exact) mass is 288 g/mol. The van der Waals surface area contributed by atoms with Crippen LogP contribution in [0, 0.1) is 5.92 Å². The number of rotatable bonds is 6. The zero-order valence-corrected chi connectivity index (χ0v) is 12.4. The normalized spacial score (nSPS) is 12.3. The minimum atomic E-state index is -0.301. The molecular formula is C11H16N2O3S2. The highest BCUT2D eigenvalue weighted by atomic mass is 32.2. The average molecular weight is 288 g/mol. The molecular weight excluding hydrogens is 272 g/mol. The smallest absolute Gasteiger partial charge is 0.220 e. The largest absolute Gasteiger partial charge is 0.481 e. The van der Waals surface area contributed by atoms with Gasteiger partial charge in [0.25, 0.3) is 0 Å². The summed E-state index contributed by atoms with van der Waals surface area (Å²) in [5.41, 5.74) is 0. The van der Waals surface area contributed by atoms with Crippen LogP contribution in [-0.4, -0.2) is 34.6 Å². The third-order valence-electron chi connectivity index (χ3n) is 2.16. The van der Waals surface area contributed by atoms with Gasteiger partial charge in [-0.1, -0.05) is 25.6 Å². The number of carbonyl (C=O) groups is 1. The van der Waals surface area contributed by atoms with Gasteiger partial charge in [0.15, 0.2) is 10.3 Å². The van der Waals surface area contributed by atoms with Crippen molar-refractivity contribution in [1.82, 2.24) is 9.97 Å². The van der Waals surface area contributed by atoms with Crippen molar-refractivity contribution in [1.29, 1.82) is 0 Å². The van der Waals surface area contributed by atoms with Gasteiger partial charge in [0.2, 0.25) is 11.8 Å². The number of carbonyl (C=O) groups excluding carboxylic acids is 1. The molecule has 0 saturated carbocycles. The second-order valence-corrected chi connectivity index (χ2v) is 5.41. The van der Waals surface area contributed by atoms with Crippen molar-refractivity contribution in [2.24, 2.45) is 5.92 Å². The van der Waals surface area contributed by atoms with Crippen LogP contribution in [0.5, 0.6) is 11.8 Å². The van der Waals surface area contributed by atoms with Gasteiger partial charge in [-0.15, -0.1) is 12.6 Å². The van der Waals surface area contributed by atoms with E-state index in [-0.39, 0.29) is 16.3 Å². The number of methoxy groups -OCH3 is 2. The second kappa shape index (κ2) is 6.84. The summed E-state index contributed by atoms with van der Waals surface area (Å²) >= 11 is 5.14. The Labute approximate surface area is 116 Å². The first kappa shape index (κ1) is 15.1. The molecule has 1 aromatic rings. The van der Waals surface area contributed by atoms with Crippen molar-refractivity contribution < 1.29 is 14.3 Å². The molecule has 0 aromatic carbocycles. The van der Waals surface area contributed by atoms with Gasteiger partial charge < -0.3 is 9.47 Å². The molecule has 0 amide bonds. The fourth-order valence-electron chi connectivity index (χ4n) is 1.23. The Morgan fingerprint density at radius 2 is 1.78 bits per heavy atom. The lowest BCUT2D eigenvalue weighted by Crippen LogP contribution is -2.19. The zero-order chi connectivity index (χ0) is 13.7. The van der Waals surface area contributed by atoms with Crippen LogP contribution in [0.2, 0.25) is 0 Å². The molecule has 0 spiro atoms. The molecule has 0 bridgehead atoms. The maximum absolute atomic E-state index is 11.4. The number of thioether (sulfide) groups is 1. The van der Waals surface area contributed by atoms with Crippen LogP contribution in [0.3, 0.4) is 0 Å². The molecule has 0 N–H and O–H groups in total. The Morgan fingerprint density at radius 1 is 1.28 bits per heavy atom. The number of hydrogen-bond acceptors (Lipinski definition) is 6. The van der Waals surface area contributed by atoms with E-state index < -0.39 is 0 Å². The van der Waals surface area contributed by atoms with E-state index in [9.17, 15) is 4.79 Å². The molecule has 7 heteroatoms. The van der Waals surface area contributed by atoms with Crippen molar-refractivity contribution in [3.8, 4) is 11.8 Å². The summed E-state index contributed by atoms with van der Waals surface area (Å²) in [6, 6.07) is 1.58. The molecule has 1 aromatic heterocycles. The maximum atomic E-state index is 11.4. The number of nitrogens with zero attached hydrogens (tertiary/aromatic N) is 2. The third kappa shape index (κ3) is 4.06. The van der Waals surface area contributed by atoms with E-state index >= 15 is 0 Å². The predicted molar refractivity (Wildman–Crippen MR) is 73.6 cm³/mol. The van der Waals surface area contributed by atoms with Gasteiger partial charge in [-0.25, -0.2) is 0 Å². The van der Waals surface area contributed by atoms with E-state index in [0.717, 1.165) is 0 Å². The average Bonchev–Trinajstić information content (AvgIpc) is 2.34. The lowest BCUT2D eigenvalue weighted by atomic mass is 10.1. The quantitative estimate of drug-likeness (QED) is 0.491. The van der Waals surface area contributed by atoms with E-state index in [1.807, 2.05) is 13.8 Å². The summed E-state index contributed by atoms with van der Waals surface area (Å²) in [4.78, 5) is 19.8. The molecule has 1 heterocycles. The Balaban J connectivity index is 2.98. The van der Waals surface area contributed by atoms with E-state index in [4.69, 9.17) is 9.47 Å². The van der Waals surface area contributed by atoms with Crippen LogP contribution in [0.4, 0.5) is 0 Å². The molecule has 5 nitrogen and oxygen atoms in total. The Hall–Kier alpha value is -0.950. The number of ether oxygens (including phenoxy) is 2. The number of hydrogen-bond donors (Lipinski definition) is 1. The standard InChI is InChI=1S/C11H16N2O3S2/c1-6(2)9(10(14)17)18-11-12-7(15-3)5-8(13-11)16-4/h5-6,9H,1-4H3,(H,14,17). The Kier molecular flexibility index (Phi) is 5.74. The van der Waals surface area contributed by atoms with Gasteiger partial charge in [-0.05, 0) is 5.92 Å². The summed E-state index contributed by atoms with van der Waals surface area (Å²) < 4.78 is 10.1. The topological polar surface area (TPSA) is 61.3 Å². The van der Waals surface area contributed by atoms with Crippen LogP contribution in [0.25, 0.3) is 0 Å². The highest BCUT2D eigenvalue weighted by molar-refractivity contribution is 8.05. The van der Waals surface area contributed by atoms with E-state index in [0.29, 0.717) is 16.9 Å². The lowest BCUT2D eigenvalue weighted by molar-refractivity contribution is -0.110.